The van der Waals surface area contributed by atoms with E-state index in [1.807, 2.05) is 0 Å². The number of hydrogen-bond donors (Lipinski definition) is 1. The van der Waals surface area contributed by atoms with Crippen LogP contribution in [0.25, 0.3) is 0 Å². The summed E-state index contributed by atoms with van der Waals surface area (Å²) in [6.45, 7) is 11.8. The van der Waals surface area contributed by atoms with E-state index in [1.54, 1.807) is 0 Å². The molecule has 6 heteroatoms. The number of nitrogens with zero attached hydrogens (tertiary/aromatic N) is 3. The molecule has 2 aromatic rings. The first-order valence-corrected chi connectivity index (χ1v) is 17.2. The van der Waals surface area contributed by atoms with Gasteiger partial charge in [-0.1, -0.05) is 26.4 Å². The molecule has 2 aromatic carbocycles. The van der Waals surface area contributed by atoms with Gasteiger partial charge in [0.1, 0.15) is 21.2 Å². The van der Waals surface area contributed by atoms with Crippen LogP contribution in [0.1, 0.15) is 69.4 Å². The van der Waals surface area contributed by atoms with Crippen molar-refractivity contribution in [3.63, 3.8) is 0 Å². The Balaban J connectivity index is 1.52. The summed E-state index contributed by atoms with van der Waals surface area (Å²) in [7, 11) is -1.91. The Bertz CT molecular complexity index is 1280. The van der Waals surface area contributed by atoms with E-state index in [9.17, 15) is 4.79 Å². The van der Waals surface area contributed by atoms with E-state index >= 15 is 0 Å². The molecule has 0 saturated heterocycles. The summed E-state index contributed by atoms with van der Waals surface area (Å²) in [5.74, 6) is -0.684. The van der Waals surface area contributed by atoms with E-state index in [4.69, 9.17) is 10.1 Å². The van der Waals surface area contributed by atoms with Crippen molar-refractivity contribution in [3.8, 4) is 0 Å². The maximum atomic E-state index is 10.8. The highest BCUT2D eigenvalue weighted by molar-refractivity contribution is 7.01. The third-order valence-corrected chi connectivity index (χ3v) is 12.0. The van der Waals surface area contributed by atoms with Crippen molar-refractivity contribution >= 4 is 35.8 Å². The van der Waals surface area contributed by atoms with Gasteiger partial charge < -0.3 is 10.0 Å². The highest BCUT2D eigenvalue weighted by atomic mass is 28.3. The van der Waals surface area contributed by atoms with Crippen LogP contribution >= 0.6 is 0 Å². The SMILES string of the molecule is CCCCN1CCCc2cc3c(cc21)[Si](C)(C)c1cc2c(cc1=N3)CCC[N+]=2CCCCCC(=O)O. The molecular weight excluding hydrogens is 462 g/mol. The van der Waals surface area contributed by atoms with Crippen LogP contribution in [-0.4, -0.2) is 45.3 Å². The molecule has 0 saturated carbocycles. The lowest BCUT2D eigenvalue weighted by molar-refractivity contribution is -0.137. The number of carbonyl (C=O) groups is 1. The molecule has 5 nitrogen and oxygen atoms in total. The maximum Gasteiger partial charge on any atom is 0.303 e. The highest BCUT2D eigenvalue weighted by Crippen LogP contribution is 2.32. The fraction of sp³-hybridized carbons (Fsp3) is 0.567. The van der Waals surface area contributed by atoms with Crippen LogP contribution in [0, 0.1) is 0 Å². The molecule has 5 rings (SSSR count). The van der Waals surface area contributed by atoms with Gasteiger partial charge in [0.25, 0.3) is 0 Å². The van der Waals surface area contributed by atoms with Crippen molar-refractivity contribution in [1.29, 1.82) is 0 Å². The lowest BCUT2D eigenvalue weighted by Crippen LogP contribution is -2.62. The first kappa shape index (κ1) is 25.2. The van der Waals surface area contributed by atoms with Crippen molar-refractivity contribution < 1.29 is 9.90 Å². The number of aliphatic carboxylic acids is 1. The predicted molar refractivity (Wildman–Crippen MR) is 151 cm³/mol. The first-order valence-electron chi connectivity index (χ1n) is 14.2. The molecule has 3 aliphatic heterocycles. The van der Waals surface area contributed by atoms with Crippen LogP contribution in [0.4, 0.5) is 11.4 Å². The van der Waals surface area contributed by atoms with Crippen molar-refractivity contribution in [3.05, 3.63) is 46.1 Å². The van der Waals surface area contributed by atoms with Crippen LogP contribution < -0.4 is 30.6 Å². The zero-order valence-corrected chi connectivity index (χ0v) is 23.4. The maximum absolute atomic E-state index is 10.8. The van der Waals surface area contributed by atoms with E-state index in [2.05, 4.69) is 53.8 Å². The number of unbranched alkanes of at least 4 members (excludes halogenated alkanes) is 3. The second-order valence-electron chi connectivity index (χ2n) is 11.5. The van der Waals surface area contributed by atoms with Gasteiger partial charge in [0.05, 0.1) is 11.0 Å². The van der Waals surface area contributed by atoms with Gasteiger partial charge in [-0.15, -0.1) is 0 Å². The summed E-state index contributed by atoms with van der Waals surface area (Å²) in [5, 5.41) is 14.5. The molecule has 0 bridgehead atoms. The molecule has 0 atom stereocenters. The molecule has 1 N–H and O–H groups in total. The fourth-order valence-electron chi connectivity index (χ4n) is 6.42. The van der Waals surface area contributed by atoms with E-state index in [0.29, 0.717) is 0 Å². The molecule has 3 aliphatic rings. The third-order valence-electron chi connectivity index (χ3n) is 8.51. The van der Waals surface area contributed by atoms with Crippen molar-refractivity contribution in [2.45, 2.75) is 84.2 Å². The van der Waals surface area contributed by atoms with Crippen LogP contribution in [0.5, 0.6) is 0 Å². The Labute approximate surface area is 216 Å². The van der Waals surface area contributed by atoms with E-state index in [-0.39, 0.29) is 6.42 Å². The summed E-state index contributed by atoms with van der Waals surface area (Å²) in [6, 6.07) is 9.83. The molecular formula is C30H42N3O2Si+. The molecule has 0 fully saturated rings. The molecule has 36 heavy (non-hydrogen) atoms. The van der Waals surface area contributed by atoms with Crippen LogP contribution in [-0.2, 0) is 17.6 Å². The zero-order chi connectivity index (χ0) is 25.3. The minimum atomic E-state index is -1.91. The lowest BCUT2D eigenvalue weighted by Gasteiger charge is -2.35. The van der Waals surface area contributed by atoms with Crippen molar-refractivity contribution in [2.24, 2.45) is 4.99 Å². The number of carboxylic acids is 1. The smallest absolute Gasteiger partial charge is 0.303 e. The van der Waals surface area contributed by atoms with E-state index in [1.165, 1.54) is 82.2 Å². The Morgan fingerprint density at radius 3 is 2.67 bits per heavy atom. The predicted octanol–water partition coefficient (Wildman–Crippen LogP) is 3.41. The quantitative estimate of drug-likeness (QED) is 0.324. The van der Waals surface area contributed by atoms with Gasteiger partial charge in [-0.25, -0.2) is 9.57 Å². The fourth-order valence-corrected chi connectivity index (χ4v) is 9.24. The number of rotatable bonds is 9. The summed E-state index contributed by atoms with van der Waals surface area (Å²) in [6.07, 6.45) is 10.3. The molecule has 0 aliphatic carbocycles. The first-order chi connectivity index (χ1) is 17.4. The summed E-state index contributed by atoms with van der Waals surface area (Å²) in [4.78, 5) is 18.7. The molecule has 0 amide bonds. The number of fused-ring (bicyclic) bond motifs is 4. The summed E-state index contributed by atoms with van der Waals surface area (Å²) >= 11 is 0. The van der Waals surface area contributed by atoms with E-state index in [0.717, 1.165) is 45.3 Å². The zero-order valence-electron chi connectivity index (χ0n) is 22.4. The van der Waals surface area contributed by atoms with Gasteiger partial charge in [-0.3, -0.25) is 4.79 Å². The van der Waals surface area contributed by atoms with Crippen LogP contribution in [0.15, 0.2) is 29.3 Å². The average Bonchev–Trinajstić information content (AvgIpc) is 2.85. The van der Waals surface area contributed by atoms with Crippen molar-refractivity contribution in [1.82, 2.24) is 4.58 Å². The van der Waals surface area contributed by atoms with Gasteiger partial charge in [0.2, 0.25) is 5.36 Å². The van der Waals surface area contributed by atoms with Gasteiger partial charge in [0, 0.05) is 49.7 Å². The largest absolute Gasteiger partial charge is 0.481 e. The number of hydrogen-bond acceptors (Lipinski definition) is 3. The normalized spacial score (nSPS) is 17.5. The Morgan fingerprint density at radius 2 is 1.86 bits per heavy atom. The molecule has 0 aromatic heterocycles. The minimum Gasteiger partial charge on any atom is -0.481 e. The van der Waals surface area contributed by atoms with Crippen molar-refractivity contribution in [2.75, 3.05) is 31.1 Å². The number of carboxylic acid groups (broad SMARTS) is 1. The summed E-state index contributed by atoms with van der Waals surface area (Å²) in [5.41, 5.74) is 5.61. The number of anilines is 1. The third kappa shape index (κ3) is 4.89. The van der Waals surface area contributed by atoms with Gasteiger partial charge in [0.15, 0.2) is 0 Å². The standard InChI is InChI=1S/C30H41N3O2Si/c1-4-5-14-32-16-9-11-22-18-24-28(20-26(22)32)36(2,3)29-21-27-23(19-25(29)31-24)12-10-17-33(27)15-8-6-7-13-30(34)35/h18-21H,4-17H2,1-3H3/p+1. The molecule has 192 valence electrons. The number of benzene rings is 2. The number of aryl methyl sites for hydroxylation is 2. The lowest BCUT2D eigenvalue weighted by atomic mass is 10.0. The Hall–Kier alpha value is -2.47. The second kappa shape index (κ2) is 10.5. The average molecular weight is 505 g/mol. The van der Waals surface area contributed by atoms with Crippen LogP contribution in [0.2, 0.25) is 13.1 Å². The Morgan fingerprint density at radius 1 is 1.03 bits per heavy atom. The second-order valence-corrected chi connectivity index (χ2v) is 15.8. The van der Waals surface area contributed by atoms with Crippen LogP contribution in [0.3, 0.4) is 0 Å². The molecule has 3 heterocycles. The molecule has 0 radical (unpaired) electrons. The van der Waals surface area contributed by atoms with Gasteiger partial charge in [-0.2, -0.15) is 0 Å². The monoisotopic (exact) mass is 504 g/mol. The molecule has 0 spiro atoms. The minimum absolute atomic E-state index is 0.282. The highest BCUT2D eigenvalue weighted by Gasteiger charge is 2.36. The van der Waals surface area contributed by atoms with Gasteiger partial charge >= 0.3 is 5.97 Å². The van der Waals surface area contributed by atoms with Gasteiger partial charge in [-0.05, 0) is 72.7 Å². The summed E-state index contributed by atoms with van der Waals surface area (Å²) < 4.78 is 2.55. The Kier molecular flexibility index (Phi) is 7.34. The molecule has 0 unspecified atom stereocenters. The van der Waals surface area contributed by atoms with E-state index < -0.39 is 14.0 Å². The topological polar surface area (TPSA) is 55.9 Å².